The van der Waals surface area contributed by atoms with Crippen LogP contribution in [-0.2, 0) is 13.0 Å². The third kappa shape index (κ3) is 6.37. The van der Waals surface area contributed by atoms with Gasteiger partial charge in [0, 0.05) is 35.9 Å². The molecular weight excluding hydrogens is 492 g/mol. The minimum atomic E-state index is -0.739. The van der Waals surface area contributed by atoms with Crippen molar-refractivity contribution in [3.8, 4) is 0 Å². The maximum absolute atomic E-state index is 11.5. The zero-order valence-electron chi connectivity index (χ0n) is 19.8. The van der Waals surface area contributed by atoms with Gasteiger partial charge in [0.1, 0.15) is 11.4 Å². The van der Waals surface area contributed by atoms with E-state index in [2.05, 4.69) is 10.5 Å². The molecule has 0 saturated carbocycles. The second kappa shape index (κ2) is 11.5. The van der Waals surface area contributed by atoms with Gasteiger partial charge < -0.3 is 0 Å². The van der Waals surface area contributed by atoms with Gasteiger partial charge in [0.05, 0.1) is 20.8 Å². The quantitative estimate of drug-likeness (QED) is 0.138. The molecule has 12 heteroatoms. The van der Waals surface area contributed by atoms with Gasteiger partial charge in [-0.2, -0.15) is 9.67 Å². The molecule has 38 heavy (non-hydrogen) atoms. The Balaban J connectivity index is 1.63. The number of rotatable bonds is 10. The Morgan fingerprint density at radius 3 is 1.95 bits per heavy atom. The van der Waals surface area contributed by atoms with Crippen LogP contribution in [0.1, 0.15) is 16.7 Å². The Kier molecular flexibility index (Phi) is 7.72. The van der Waals surface area contributed by atoms with Crippen LogP contribution in [0.3, 0.4) is 0 Å². The van der Waals surface area contributed by atoms with Gasteiger partial charge >= 0.3 is 5.69 Å². The van der Waals surface area contributed by atoms with Crippen molar-refractivity contribution >= 4 is 28.5 Å². The highest BCUT2D eigenvalue weighted by molar-refractivity contribution is 6.00. The van der Waals surface area contributed by atoms with E-state index in [0.717, 1.165) is 24.1 Å². The molecule has 12 nitrogen and oxygen atoms in total. The first-order valence-electron chi connectivity index (χ1n) is 11.3. The Hall–Kier alpha value is -5.52. The van der Waals surface area contributed by atoms with E-state index in [1.54, 1.807) is 0 Å². The zero-order chi connectivity index (χ0) is 27.1. The lowest BCUT2D eigenvalue weighted by Gasteiger charge is -2.07. The van der Waals surface area contributed by atoms with Gasteiger partial charge in [0.25, 0.3) is 11.4 Å². The van der Waals surface area contributed by atoms with Crippen LogP contribution in [0.25, 0.3) is 0 Å². The first kappa shape index (κ1) is 25.6. The fourth-order valence-electron chi connectivity index (χ4n) is 3.69. The smallest absolute Gasteiger partial charge is 0.271 e. The highest BCUT2D eigenvalue weighted by atomic mass is 16.6. The van der Waals surface area contributed by atoms with Crippen molar-refractivity contribution in [3.63, 3.8) is 0 Å². The number of non-ortho nitro benzene ring substituents is 2. The molecular formula is C26H21N6O6+. The normalized spacial score (nSPS) is 11.1. The molecule has 0 aliphatic carbocycles. The maximum Gasteiger partial charge on any atom is 0.301 e. The van der Waals surface area contributed by atoms with E-state index in [-0.39, 0.29) is 17.9 Å². The second-order valence-electron chi connectivity index (χ2n) is 8.23. The monoisotopic (exact) mass is 513 g/mol. The number of nitro benzene ring substituents is 3. The third-order valence-corrected chi connectivity index (χ3v) is 5.66. The molecule has 1 heterocycles. The summed E-state index contributed by atoms with van der Waals surface area (Å²) in [5.41, 5.74) is 4.82. The summed E-state index contributed by atoms with van der Waals surface area (Å²) in [6, 6.07) is 22.9. The van der Waals surface area contributed by atoms with Crippen molar-refractivity contribution in [1.29, 1.82) is 0 Å². The molecule has 1 aromatic heterocycles. The molecule has 0 radical (unpaired) electrons. The van der Waals surface area contributed by atoms with Gasteiger partial charge in [-0.25, -0.2) is 0 Å². The number of nitrogens with zero attached hydrogens (tertiary/aromatic N) is 5. The summed E-state index contributed by atoms with van der Waals surface area (Å²) in [5.74, 6) is 0. The Morgan fingerprint density at radius 1 is 0.737 bits per heavy atom. The lowest BCUT2D eigenvalue weighted by molar-refractivity contribution is -0.681. The molecule has 3 aromatic carbocycles. The van der Waals surface area contributed by atoms with Gasteiger partial charge in [0.2, 0.25) is 0 Å². The summed E-state index contributed by atoms with van der Waals surface area (Å²) in [6.07, 6.45) is 4.50. The molecule has 4 aromatic rings. The summed E-state index contributed by atoms with van der Waals surface area (Å²) >= 11 is 0. The van der Waals surface area contributed by atoms with E-state index in [4.69, 9.17) is 0 Å². The predicted molar refractivity (Wildman–Crippen MR) is 139 cm³/mol. The van der Waals surface area contributed by atoms with Crippen LogP contribution < -0.4 is 9.99 Å². The number of anilines is 1. The van der Waals surface area contributed by atoms with Gasteiger partial charge in [-0.15, -0.1) is 0 Å². The topological polar surface area (TPSA) is 158 Å². The van der Waals surface area contributed by atoms with Crippen molar-refractivity contribution in [1.82, 2.24) is 0 Å². The lowest BCUT2D eigenvalue weighted by Crippen LogP contribution is -2.37. The number of benzene rings is 3. The van der Waals surface area contributed by atoms with Crippen LogP contribution in [0.4, 0.5) is 22.7 Å². The van der Waals surface area contributed by atoms with Gasteiger partial charge in [-0.1, -0.05) is 30.3 Å². The summed E-state index contributed by atoms with van der Waals surface area (Å²) in [5, 5.41) is 37.9. The van der Waals surface area contributed by atoms with Crippen molar-refractivity contribution in [2.45, 2.75) is 13.0 Å². The number of hydrogen-bond donors (Lipinski definition) is 1. The van der Waals surface area contributed by atoms with E-state index < -0.39 is 26.1 Å². The summed E-state index contributed by atoms with van der Waals surface area (Å²) < 4.78 is 1.85. The molecule has 1 N–H and O–H groups in total. The average Bonchev–Trinajstić information content (AvgIpc) is 2.92. The van der Waals surface area contributed by atoms with Crippen molar-refractivity contribution in [3.05, 3.63) is 144 Å². The van der Waals surface area contributed by atoms with Crippen molar-refractivity contribution in [2.24, 2.45) is 5.10 Å². The molecule has 0 aliphatic rings. The van der Waals surface area contributed by atoms with Crippen LogP contribution >= 0.6 is 0 Å². The van der Waals surface area contributed by atoms with E-state index in [9.17, 15) is 30.3 Å². The molecule has 0 aliphatic heterocycles. The molecule has 190 valence electrons. The molecule has 0 unspecified atom stereocenters. The largest absolute Gasteiger partial charge is 0.301 e. The SMILES string of the molecule is O=[N+]([O-])c1ccc(/C(C[n+]2ccc(Cc3ccccc3)cc2)=N\Nc2ccc([N+](=O)[O-])cc2[N+](=O)[O-])cc1. The molecule has 0 bridgehead atoms. The number of hydrazone groups is 1. The molecule has 0 saturated heterocycles. The lowest BCUT2D eigenvalue weighted by atomic mass is 10.1. The number of nitro groups is 3. The number of nitrogens with one attached hydrogen (secondary N) is 1. The maximum atomic E-state index is 11.5. The predicted octanol–water partition coefficient (Wildman–Crippen LogP) is 4.81. The van der Waals surface area contributed by atoms with Gasteiger partial charge in [0.15, 0.2) is 18.9 Å². The fourth-order valence-corrected chi connectivity index (χ4v) is 3.69. The standard InChI is InChI=1S/C26H21N6O6/c33-30(34)22-8-6-21(7-9-22)25(28-27-24-11-10-23(31(35)36)17-26(24)32(37)38)18-29-14-12-20(13-15-29)16-19-4-2-1-3-5-19/h1-15,17,27H,16,18H2/q+1/b28-25-. The minimum Gasteiger partial charge on any atom is -0.271 e. The zero-order valence-corrected chi connectivity index (χ0v) is 19.8. The summed E-state index contributed by atoms with van der Waals surface area (Å²) in [4.78, 5) is 31.6. The summed E-state index contributed by atoms with van der Waals surface area (Å²) in [7, 11) is 0. The highest BCUT2D eigenvalue weighted by Gasteiger charge is 2.20. The Labute approximate surface area is 216 Å². The molecule has 0 amide bonds. The van der Waals surface area contributed by atoms with Crippen molar-refractivity contribution < 1.29 is 19.3 Å². The Morgan fingerprint density at radius 2 is 1.34 bits per heavy atom. The summed E-state index contributed by atoms with van der Waals surface area (Å²) in [6.45, 7) is 0.233. The molecule has 4 rings (SSSR count). The van der Waals surface area contributed by atoms with Crippen LogP contribution in [0, 0.1) is 30.3 Å². The first-order valence-corrected chi connectivity index (χ1v) is 11.3. The number of hydrogen-bond acceptors (Lipinski definition) is 8. The van der Waals surface area contributed by atoms with E-state index >= 15 is 0 Å². The molecule has 0 fully saturated rings. The minimum absolute atomic E-state index is 0.0387. The van der Waals surface area contributed by atoms with Crippen molar-refractivity contribution in [2.75, 3.05) is 5.43 Å². The third-order valence-electron chi connectivity index (χ3n) is 5.66. The molecule has 0 spiro atoms. The van der Waals surface area contributed by atoms with Crippen LogP contribution in [0.5, 0.6) is 0 Å². The van der Waals surface area contributed by atoms with Gasteiger partial charge in [-0.05, 0) is 35.7 Å². The fraction of sp³-hybridized carbons (Fsp3) is 0.0769. The average molecular weight is 513 g/mol. The first-order chi connectivity index (χ1) is 18.3. The number of pyridine rings is 1. The highest BCUT2D eigenvalue weighted by Crippen LogP contribution is 2.29. The second-order valence-corrected chi connectivity index (χ2v) is 8.23. The van der Waals surface area contributed by atoms with Gasteiger partial charge in [-0.3, -0.25) is 35.8 Å². The van der Waals surface area contributed by atoms with E-state index in [0.29, 0.717) is 11.3 Å². The molecule has 0 atom stereocenters. The van der Waals surface area contributed by atoms with Crippen LogP contribution in [-0.4, -0.2) is 20.5 Å². The number of aromatic nitrogens is 1. The van der Waals surface area contributed by atoms with E-state index in [1.807, 2.05) is 59.4 Å². The Bertz CT molecular complexity index is 1510. The van der Waals surface area contributed by atoms with Crippen LogP contribution in [0.2, 0.25) is 0 Å². The van der Waals surface area contributed by atoms with Crippen LogP contribution in [0.15, 0.2) is 102 Å². The van der Waals surface area contributed by atoms with E-state index in [1.165, 1.54) is 35.9 Å².